The minimum atomic E-state index is -1.29. The molecule has 0 bridgehead atoms. The molecular formula is C8H8LiNO4. The van der Waals surface area contributed by atoms with E-state index < -0.39 is 12.0 Å². The van der Waals surface area contributed by atoms with Gasteiger partial charge in [-0.15, -0.1) is 0 Å². The summed E-state index contributed by atoms with van der Waals surface area (Å²) < 4.78 is 5.20. The van der Waals surface area contributed by atoms with Crippen molar-refractivity contribution >= 4 is 11.9 Å². The van der Waals surface area contributed by atoms with E-state index in [-0.39, 0.29) is 37.4 Å². The van der Waals surface area contributed by atoms with Crippen molar-refractivity contribution in [2.75, 3.05) is 0 Å². The SMILES string of the molecule is CC=C1OC2CC(=O)N2C1C(=O)[O-].[Li+]. The molecule has 70 valence electrons. The minimum Gasteiger partial charge on any atom is -0.547 e. The molecule has 0 saturated carbocycles. The fourth-order valence-electron chi connectivity index (χ4n) is 1.62. The Morgan fingerprint density at radius 2 is 2.36 bits per heavy atom. The average Bonchev–Trinajstić information content (AvgIpc) is 2.37. The molecule has 6 heteroatoms. The van der Waals surface area contributed by atoms with Gasteiger partial charge in [-0.05, 0) is 13.0 Å². The fourth-order valence-corrected chi connectivity index (χ4v) is 1.62. The van der Waals surface area contributed by atoms with Gasteiger partial charge in [0.05, 0.1) is 12.4 Å². The van der Waals surface area contributed by atoms with Crippen LogP contribution in [0.5, 0.6) is 0 Å². The summed E-state index contributed by atoms with van der Waals surface area (Å²) in [5.41, 5.74) is 0. The molecule has 2 aliphatic heterocycles. The molecule has 2 unspecified atom stereocenters. The van der Waals surface area contributed by atoms with Gasteiger partial charge in [-0.2, -0.15) is 0 Å². The molecule has 0 N–H and O–H groups in total. The van der Waals surface area contributed by atoms with Gasteiger partial charge in [0.1, 0.15) is 11.8 Å². The summed E-state index contributed by atoms with van der Waals surface area (Å²) in [5, 5.41) is 10.7. The molecule has 0 spiro atoms. The molecule has 0 radical (unpaired) electrons. The standard InChI is InChI=1S/C8H9NO4.Li/c1-2-4-7(8(11)12)9-5(10)3-6(9)13-4;/h2,6-7H,3H2,1H3,(H,11,12);/q;+1/p-1. The van der Waals surface area contributed by atoms with Gasteiger partial charge in [-0.1, -0.05) is 0 Å². The predicted molar refractivity (Wildman–Crippen MR) is 38.9 cm³/mol. The molecule has 5 nitrogen and oxygen atoms in total. The quantitative estimate of drug-likeness (QED) is 0.308. The van der Waals surface area contributed by atoms with Gasteiger partial charge < -0.3 is 14.6 Å². The maximum atomic E-state index is 11.0. The number of hydrogen-bond acceptors (Lipinski definition) is 4. The molecule has 14 heavy (non-hydrogen) atoms. The third kappa shape index (κ3) is 1.33. The molecule has 2 heterocycles. The summed E-state index contributed by atoms with van der Waals surface area (Å²) >= 11 is 0. The van der Waals surface area contributed by atoms with Crippen LogP contribution in [0.2, 0.25) is 0 Å². The molecular weight excluding hydrogens is 181 g/mol. The Morgan fingerprint density at radius 3 is 2.79 bits per heavy atom. The van der Waals surface area contributed by atoms with Gasteiger partial charge in [0.25, 0.3) is 0 Å². The van der Waals surface area contributed by atoms with Crippen molar-refractivity contribution in [1.29, 1.82) is 0 Å². The molecule has 1 amide bonds. The number of ether oxygens (including phenoxy) is 1. The average molecular weight is 189 g/mol. The zero-order valence-corrected chi connectivity index (χ0v) is 8.02. The van der Waals surface area contributed by atoms with Crippen LogP contribution in [0, 0.1) is 0 Å². The van der Waals surface area contributed by atoms with Crippen LogP contribution in [0.1, 0.15) is 13.3 Å². The van der Waals surface area contributed by atoms with Crippen LogP contribution in [-0.4, -0.2) is 29.0 Å². The Balaban J connectivity index is 0.000000980. The predicted octanol–water partition coefficient (Wildman–Crippen LogP) is -4.40. The van der Waals surface area contributed by atoms with Crippen LogP contribution in [0.4, 0.5) is 0 Å². The summed E-state index contributed by atoms with van der Waals surface area (Å²) in [6.45, 7) is 1.67. The zero-order valence-electron chi connectivity index (χ0n) is 8.02. The van der Waals surface area contributed by atoms with Crippen LogP contribution in [0.15, 0.2) is 11.8 Å². The molecule has 2 atom stereocenters. The van der Waals surface area contributed by atoms with Gasteiger partial charge in [-0.25, -0.2) is 0 Å². The van der Waals surface area contributed by atoms with Crippen molar-refractivity contribution in [1.82, 2.24) is 4.90 Å². The first-order valence-electron chi connectivity index (χ1n) is 4.00. The molecule has 2 fully saturated rings. The van der Waals surface area contributed by atoms with Crippen molar-refractivity contribution in [3.05, 3.63) is 11.8 Å². The maximum absolute atomic E-state index is 11.0. The molecule has 0 aromatic rings. The number of nitrogens with zero attached hydrogens (tertiary/aromatic N) is 1. The number of rotatable bonds is 1. The normalized spacial score (nSPS) is 31.6. The van der Waals surface area contributed by atoms with E-state index >= 15 is 0 Å². The third-order valence-corrected chi connectivity index (χ3v) is 2.28. The Bertz CT molecular complexity index is 314. The largest absolute Gasteiger partial charge is 1.00 e. The van der Waals surface area contributed by atoms with E-state index in [4.69, 9.17) is 4.74 Å². The summed E-state index contributed by atoms with van der Waals surface area (Å²) in [5.74, 6) is -1.18. The molecule has 0 aromatic heterocycles. The van der Waals surface area contributed by atoms with Crippen molar-refractivity contribution in [3.8, 4) is 0 Å². The first kappa shape index (κ1) is 11.2. The van der Waals surface area contributed by atoms with Crippen LogP contribution in [0.25, 0.3) is 0 Å². The number of carbonyl (C=O) groups is 2. The molecule has 0 aliphatic carbocycles. The number of hydrogen-bond donors (Lipinski definition) is 0. The number of carbonyl (C=O) groups excluding carboxylic acids is 2. The molecule has 2 rings (SSSR count). The van der Waals surface area contributed by atoms with Crippen LogP contribution in [0.3, 0.4) is 0 Å². The molecule has 2 aliphatic rings. The second-order valence-corrected chi connectivity index (χ2v) is 2.99. The van der Waals surface area contributed by atoms with E-state index in [0.717, 1.165) is 0 Å². The summed E-state index contributed by atoms with van der Waals surface area (Å²) in [6.07, 6.45) is 1.43. The van der Waals surface area contributed by atoms with Crippen molar-refractivity contribution in [3.63, 3.8) is 0 Å². The van der Waals surface area contributed by atoms with Crippen molar-refractivity contribution in [2.45, 2.75) is 25.6 Å². The monoisotopic (exact) mass is 189 g/mol. The number of carboxylic acids is 1. The number of fused-ring (bicyclic) bond motifs is 1. The van der Waals surface area contributed by atoms with E-state index in [9.17, 15) is 14.7 Å². The first-order valence-corrected chi connectivity index (χ1v) is 4.00. The van der Waals surface area contributed by atoms with E-state index in [0.29, 0.717) is 5.76 Å². The third-order valence-electron chi connectivity index (χ3n) is 2.28. The number of amides is 1. The number of carboxylic acid groups (broad SMARTS) is 1. The summed E-state index contributed by atoms with van der Waals surface area (Å²) in [6, 6.07) is -1.02. The van der Waals surface area contributed by atoms with Crippen LogP contribution in [-0.2, 0) is 14.3 Å². The number of aliphatic carboxylic acids is 1. The van der Waals surface area contributed by atoms with Gasteiger partial charge in [0.2, 0.25) is 5.91 Å². The minimum absolute atomic E-state index is 0. The Labute approximate surface area is 92.9 Å². The fraction of sp³-hybridized carbons (Fsp3) is 0.500. The van der Waals surface area contributed by atoms with Gasteiger partial charge in [0, 0.05) is 0 Å². The first-order chi connectivity index (χ1) is 6.15. The van der Waals surface area contributed by atoms with E-state index in [2.05, 4.69) is 0 Å². The van der Waals surface area contributed by atoms with Gasteiger partial charge >= 0.3 is 18.9 Å². The molecule has 0 aromatic carbocycles. The zero-order chi connectivity index (χ0) is 9.59. The Morgan fingerprint density at radius 1 is 1.71 bits per heavy atom. The topological polar surface area (TPSA) is 69.7 Å². The van der Waals surface area contributed by atoms with Gasteiger partial charge in [-0.3, -0.25) is 9.69 Å². The van der Waals surface area contributed by atoms with Crippen molar-refractivity contribution < 1.29 is 38.3 Å². The van der Waals surface area contributed by atoms with Crippen LogP contribution < -0.4 is 24.0 Å². The van der Waals surface area contributed by atoms with Gasteiger partial charge in [0.15, 0.2) is 6.23 Å². The van der Waals surface area contributed by atoms with Crippen molar-refractivity contribution in [2.24, 2.45) is 0 Å². The summed E-state index contributed by atoms with van der Waals surface area (Å²) in [7, 11) is 0. The van der Waals surface area contributed by atoms with E-state index in [1.54, 1.807) is 13.0 Å². The second kappa shape index (κ2) is 3.68. The Kier molecular flexibility index (Phi) is 2.93. The smallest absolute Gasteiger partial charge is 0.547 e. The maximum Gasteiger partial charge on any atom is 1.00 e. The van der Waals surface area contributed by atoms with E-state index in [1.807, 2.05) is 0 Å². The second-order valence-electron chi connectivity index (χ2n) is 2.99. The number of β-lactam (4-membered cyclic amide) rings is 1. The molecule has 2 saturated heterocycles. The van der Waals surface area contributed by atoms with E-state index in [1.165, 1.54) is 4.90 Å². The number of allylic oxidation sites excluding steroid dienone is 1. The Hall–Kier alpha value is -0.923. The summed E-state index contributed by atoms with van der Waals surface area (Å²) in [4.78, 5) is 22.9. The van der Waals surface area contributed by atoms with Crippen LogP contribution >= 0.6 is 0 Å².